The minimum atomic E-state index is -1.59. The van der Waals surface area contributed by atoms with Gasteiger partial charge in [0.2, 0.25) is 0 Å². The second kappa shape index (κ2) is 6.15. The summed E-state index contributed by atoms with van der Waals surface area (Å²) in [6, 6.07) is 0. The molecule has 1 heterocycles. The molecule has 1 N–H and O–H groups in total. The third-order valence-electron chi connectivity index (χ3n) is 3.34. The van der Waals surface area contributed by atoms with Crippen LogP contribution < -0.4 is 4.90 Å². The summed E-state index contributed by atoms with van der Waals surface area (Å²) in [5.41, 5.74) is -1.76. The summed E-state index contributed by atoms with van der Waals surface area (Å²) < 4.78 is 55.7. The van der Waals surface area contributed by atoms with Crippen molar-refractivity contribution in [3.8, 4) is 0 Å². The van der Waals surface area contributed by atoms with Crippen LogP contribution in [0.1, 0.15) is 24.8 Å². The van der Waals surface area contributed by atoms with Crippen molar-refractivity contribution in [2.45, 2.75) is 19.3 Å². The van der Waals surface area contributed by atoms with Crippen molar-refractivity contribution in [2.75, 3.05) is 18.0 Å². The molecule has 1 saturated heterocycles. The van der Waals surface area contributed by atoms with Crippen LogP contribution in [-0.4, -0.2) is 24.2 Å². The lowest BCUT2D eigenvalue weighted by Gasteiger charge is -2.29. The van der Waals surface area contributed by atoms with Gasteiger partial charge in [-0.2, -0.15) is 0 Å². The van der Waals surface area contributed by atoms with Gasteiger partial charge in [0, 0.05) is 19.2 Å². The summed E-state index contributed by atoms with van der Waals surface area (Å²) in [4.78, 5) is 11.6. The van der Waals surface area contributed by atoms with Gasteiger partial charge in [-0.25, -0.2) is 22.4 Å². The van der Waals surface area contributed by atoms with Crippen LogP contribution in [0.2, 0.25) is 0 Å². The molecule has 1 aliphatic heterocycles. The second-order valence-corrected chi connectivity index (χ2v) is 4.74. The number of benzene rings is 1. The zero-order valence-corrected chi connectivity index (χ0v) is 11.0. The van der Waals surface area contributed by atoms with E-state index in [4.69, 9.17) is 5.11 Å². The number of aliphatic carboxylic acids is 1. The Kier molecular flexibility index (Phi) is 4.50. The first kappa shape index (κ1) is 15.3. The predicted molar refractivity (Wildman–Crippen MR) is 69.0 cm³/mol. The Morgan fingerprint density at radius 1 is 0.952 bits per heavy atom. The molecular formula is C14H13F4NO2. The number of hydrogen-bond acceptors (Lipinski definition) is 2. The van der Waals surface area contributed by atoms with Gasteiger partial charge in [-0.05, 0) is 25.3 Å². The smallest absolute Gasteiger partial charge is 0.328 e. The number of hydrogen-bond donors (Lipinski definition) is 1. The normalized spacial score (nSPS) is 15.7. The van der Waals surface area contributed by atoms with E-state index >= 15 is 0 Å². The van der Waals surface area contributed by atoms with E-state index in [0.717, 1.165) is 6.42 Å². The first-order valence-corrected chi connectivity index (χ1v) is 6.45. The maximum Gasteiger partial charge on any atom is 0.328 e. The van der Waals surface area contributed by atoms with Crippen LogP contribution in [-0.2, 0) is 4.79 Å². The van der Waals surface area contributed by atoms with Crippen molar-refractivity contribution in [2.24, 2.45) is 0 Å². The molecule has 0 saturated carbocycles. The zero-order chi connectivity index (χ0) is 15.6. The van der Waals surface area contributed by atoms with Crippen LogP contribution in [0.15, 0.2) is 6.08 Å². The molecule has 0 aliphatic carbocycles. The highest BCUT2D eigenvalue weighted by atomic mass is 19.2. The van der Waals surface area contributed by atoms with Crippen molar-refractivity contribution >= 4 is 17.7 Å². The lowest BCUT2D eigenvalue weighted by Crippen LogP contribution is -2.31. The molecule has 0 amide bonds. The number of carbonyl (C=O) groups is 1. The summed E-state index contributed by atoms with van der Waals surface area (Å²) in [5.74, 6) is -7.66. The maximum atomic E-state index is 14.0. The van der Waals surface area contributed by atoms with Crippen molar-refractivity contribution in [3.05, 3.63) is 34.9 Å². The average molecular weight is 303 g/mol. The number of halogens is 4. The minimum absolute atomic E-state index is 0.316. The molecule has 2 rings (SSSR count). The second-order valence-electron chi connectivity index (χ2n) is 4.74. The first-order chi connectivity index (χ1) is 9.93. The van der Waals surface area contributed by atoms with Crippen molar-refractivity contribution in [1.29, 1.82) is 0 Å². The van der Waals surface area contributed by atoms with Gasteiger partial charge in [0.25, 0.3) is 0 Å². The van der Waals surface area contributed by atoms with Gasteiger partial charge in [0.15, 0.2) is 23.3 Å². The van der Waals surface area contributed by atoms with E-state index in [1.165, 1.54) is 4.90 Å². The minimum Gasteiger partial charge on any atom is -0.478 e. The number of nitrogens with zero attached hydrogens (tertiary/aromatic N) is 1. The summed E-state index contributed by atoms with van der Waals surface area (Å²) in [6.45, 7) is 0.633. The largest absolute Gasteiger partial charge is 0.478 e. The number of carboxylic acid groups (broad SMARTS) is 1. The van der Waals surface area contributed by atoms with E-state index < -0.39 is 40.5 Å². The summed E-state index contributed by atoms with van der Waals surface area (Å²) in [6.07, 6.45) is 3.18. The third kappa shape index (κ3) is 3.01. The molecule has 0 radical (unpaired) electrons. The monoisotopic (exact) mass is 303 g/mol. The molecule has 3 nitrogen and oxygen atoms in total. The Labute approximate surface area is 118 Å². The van der Waals surface area contributed by atoms with Gasteiger partial charge in [-0.15, -0.1) is 0 Å². The van der Waals surface area contributed by atoms with Gasteiger partial charge in [-0.3, -0.25) is 0 Å². The van der Waals surface area contributed by atoms with Crippen LogP contribution in [0, 0.1) is 23.3 Å². The molecule has 1 aromatic carbocycles. The topological polar surface area (TPSA) is 40.5 Å². The summed E-state index contributed by atoms with van der Waals surface area (Å²) in [7, 11) is 0. The van der Waals surface area contributed by atoms with Gasteiger partial charge in [-0.1, -0.05) is 0 Å². The van der Waals surface area contributed by atoms with Crippen LogP contribution in [0.3, 0.4) is 0 Å². The van der Waals surface area contributed by atoms with Crippen LogP contribution in [0.25, 0.3) is 6.08 Å². The highest BCUT2D eigenvalue weighted by Gasteiger charge is 2.28. The third-order valence-corrected chi connectivity index (χ3v) is 3.34. The average Bonchev–Trinajstić information content (AvgIpc) is 2.46. The van der Waals surface area contributed by atoms with E-state index in [-0.39, 0.29) is 0 Å². The standard InChI is InChI=1S/C14H13F4NO2/c15-10-8(4-5-9(20)21)11(16)13(18)14(12(10)17)19-6-2-1-3-7-19/h4-5H,1-3,6-7H2,(H,20,21). The van der Waals surface area contributed by atoms with Crippen LogP contribution in [0.4, 0.5) is 23.2 Å². The molecule has 0 aromatic heterocycles. The number of rotatable bonds is 3. The fraction of sp³-hybridized carbons (Fsp3) is 0.357. The molecular weight excluding hydrogens is 290 g/mol. The van der Waals surface area contributed by atoms with Crippen molar-refractivity contribution < 1.29 is 27.5 Å². The molecule has 0 unspecified atom stereocenters. The van der Waals surface area contributed by atoms with Gasteiger partial charge in [0.05, 0.1) is 5.56 Å². The highest BCUT2D eigenvalue weighted by molar-refractivity contribution is 5.85. The maximum absolute atomic E-state index is 14.0. The van der Waals surface area contributed by atoms with E-state index in [0.29, 0.717) is 38.1 Å². The van der Waals surface area contributed by atoms with E-state index in [1.807, 2.05) is 0 Å². The Hall–Kier alpha value is -2.05. The lowest BCUT2D eigenvalue weighted by atomic mass is 10.1. The fourth-order valence-corrected chi connectivity index (χ4v) is 2.33. The molecule has 1 fully saturated rings. The molecule has 1 aromatic rings. The molecule has 21 heavy (non-hydrogen) atoms. The Morgan fingerprint density at radius 3 is 1.95 bits per heavy atom. The molecule has 114 valence electrons. The summed E-state index contributed by atoms with van der Waals surface area (Å²) >= 11 is 0. The van der Waals surface area contributed by atoms with Crippen molar-refractivity contribution in [1.82, 2.24) is 0 Å². The number of carboxylic acids is 1. The zero-order valence-electron chi connectivity index (χ0n) is 11.0. The fourth-order valence-electron chi connectivity index (χ4n) is 2.33. The van der Waals surface area contributed by atoms with Gasteiger partial charge >= 0.3 is 5.97 Å². The predicted octanol–water partition coefficient (Wildman–Crippen LogP) is 3.33. The number of anilines is 1. The number of piperidine rings is 1. The van der Waals surface area contributed by atoms with E-state index in [2.05, 4.69) is 0 Å². The molecule has 0 spiro atoms. The quantitative estimate of drug-likeness (QED) is 0.529. The lowest BCUT2D eigenvalue weighted by molar-refractivity contribution is -0.131. The van der Waals surface area contributed by atoms with Crippen LogP contribution >= 0.6 is 0 Å². The molecule has 0 bridgehead atoms. The van der Waals surface area contributed by atoms with Crippen LogP contribution in [0.5, 0.6) is 0 Å². The van der Waals surface area contributed by atoms with E-state index in [1.54, 1.807) is 0 Å². The first-order valence-electron chi connectivity index (χ1n) is 6.45. The molecule has 7 heteroatoms. The van der Waals surface area contributed by atoms with Gasteiger partial charge in [0.1, 0.15) is 5.69 Å². The molecule has 0 atom stereocenters. The van der Waals surface area contributed by atoms with E-state index in [9.17, 15) is 22.4 Å². The highest BCUT2D eigenvalue weighted by Crippen LogP contribution is 2.33. The SMILES string of the molecule is O=C(O)C=Cc1c(F)c(F)c(N2CCCCC2)c(F)c1F. The Bertz CT molecular complexity index is 566. The Morgan fingerprint density at radius 2 is 1.48 bits per heavy atom. The Balaban J connectivity index is 2.52. The van der Waals surface area contributed by atoms with Crippen molar-refractivity contribution in [3.63, 3.8) is 0 Å². The van der Waals surface area contributed by atoms with Gasteiger partial charge < -0.3 is 10.0 Å². The summed E-state index contributed by atoms with van der Waals surface area (Å²) in [5, 5.41) is 8.43. The molecule has 1 aliphatic rings.